The second-order valence-corrected chi connectivity index (χ2v) is 10.7. The number of carbonyl (C=O) groups excluding carboxylic acids is 1. The van der Waals surface area contributed by atoms with Gasteiger partial charge in [0.1, 0.15) is 23.2 Å². The van der Waals surface area contributed by atoms with Gasteiger partial charge in [0.2, 0.25) is 5.88 Å². The molecule has 1 N–H and O–H groups in total. The van der Waals surface area contributed by atoms with E-state index in [-0.39, 0.29) is 30.6 Å². The van der Waals surface area contributed by atoms with Crippen LogP contribution in [0, 0.1) is 5.92 Å². The van der Waals surface area contributed by atoms with Gasteiger partial charge in [0, 0.05) is 55.3 Å². The molecule has 0 spiro atoms. The second-order valence-electron chi connectivity index (χ2n) is 10.7. The summed E-state index contributed by atoms with van der Waals surface area (Å²) in [4.78, 5) is 26.4. The van der Waals surface area contributed by atoms with E-state index in [9.17, 15) is 9.90 Å². The summed E-state index contributed by atoms with van der Waals surface area (Å²) >= 11 is 0. The molecule has 1 aliphatic heterocycles. The predicted molar refractivity (Wildman–Crippen MR) is 158 cm³/mol. The van der Waals surface area contributed by atoms with Crippen LogP contribution in [0.2, 0.25) is 0 Å². The monoisotopic (exact) mass is 552 g/mol. The summed E-state index contributed by atoms with van der Waals surface area (Å²) in [6.07, 6.45) is 4.94. The molecule has 2 aromatic carbocycles. The SMILES string of the molecule is C[C@H]1CN([C@@H](C)CO)C(=O)c2cc(-c3cccnc3)cnc2O[C@@H]1CN(C)Cc1ccc(Oc2ccccc2)cc1. The number of aliphatic hydroxyl groups excluding tert-OH is 1. The van der Waals surface area contributed by atoms with Crippen molar-refractivity contribution < 1.29 is 19.4 Å². The number of ether oxygens (including phenoxy) is 2. The van der Waals surface area contributed by atoms with Crippen LogP contribution in [0.1, 0.15) is 29.8 Å². The topological polar surface area (TPSA) is 88.0 Å². The lowest BCUT2D eigenvalue weighted by atomic mass is 9.99. The Labute approximate surface area is 241 Å². The van der Waals surface area contributed by atoms with Crippen molar-refractivity contribution in [3.63, 3.8) is 0 Å². The number of pyridine rings is 2. The number of fused-ring (bicyclic) bond motifs is 1. The van der Waals surface area contributed by atoms with E-state index in [0.29, 0.717) is 31.1 Å². The summed E-state index contributed by atoms with van der Waals surface area (Å²) in [5, 5.41) is 9.95. The number of aromatic nitrogens is 2. The van der Waals surface area contributed by atoms with Gasteiger partial charge in [-0.15, -0.1) is 0 Å². The number of aliphatic hydroxyl groups is 1. The number of amides is 1. The lowest BCUT2D eigenvalue weighted by Crippen LogP contribution is -2.49. The Kier molecular flexibility index (Phi) is 8.91. The van der Waals surface area contributed by atoms with Crippen LogP contribution in [0.3, 0.4) is 0 Å². The minimum Gasteiger partial charge on any atom is -0.472 e. The van der Waals surface area contributed by atoms with Crippen LogP contribution in [0.25, 0.3) is 11.1 Å². The van der Waals surface area contributed by atoms with Gasteiger partial charge in [-0.25, -0.2) is 4.98 Å². The molecule has 1 aliphatic rings. The number of hydrogen-bond acceptors (Lipinski definition) is 7. The third-order valence-electron chi connectivity index (χ3n) is 7.36. The molecule has 2 aromatic heterocycles. The number of carbonyl (C=O) groups is 1. The van der Waals surface area contributed by atoms with Gasteiger partial charge in [-0.1, -0.05) is 43.3 Å². The first kappa shape index (κ1) is 28.3. The molecule has 0 bridgehead atoms. The Morgan fingerprint density at radius 1 is 1.05 bits per heavy atom. The average molecular weight is 553 g/mol. The highest BCUT2D eigenvalue weighted by Crippen LogP contribution is 2.30. The molecule has 8 nitrogen and oxygen atoms in total. The smallest absolute Gasteiger partial charge is 0.259 e. The van der Waals surface area contributed by atoms with Crippen LogP contribution in [0.4, 0.5) is 0 Å². The van der Waals surface area contributed by atoms with Gasteiger partial charge < -0.3 is 19.5 Å². The maximum atomic E-state index is 13.7. The third kappa shape index (κ3) is 6.90. The minimum absolute atomic E-state index is 0.00463. The first-order chi connectivity index (χ1) is 19.9. The molecule has 3 atom stereocenters. The predicted octanol–water partition coefficient (Wildman–Crippen LogP) is 5.29. The highest BCUT2D eigenvalue weighted by atomic mass is 16.5. The molecule has 0 saturated heterocycles. The van der Waals surface area contributed by atoms with Crippen molar-refractivity contribution in [1.29, 1.82) is 0 Å². The summed E-state index contributed by atoms with van der Waals surface area (Å²) in [5.41, 5.74) is 3.19. The maximum absolute atomic E-state index is 13.7. The van der Waals surface area contributed by atoms with E-state index in [1.54, 1.807) is 23.5 Å². The molecule has 5 rings (SSSR count). The minimum atomic E-state index is -0.340. The molecular weight excluding hydrogens is 516 g/mol. The summed E-state index contributed by atoms with van der Waals surface area (Å²) in [6.45, 7) is 5.61. The van der Waals surface area contributed by atoms with E-state index in [2.05, 4.69) is 41.0 Å². The quantitative estimate of drug-likeness (QED) is 0.302. The molecule has 0 unspecified atom stereocenters. The summed E-state index contributed by atoms with van der Waals surface area (Å²) in [7, 11) is 2.06. The van der Waals surface area contributed by atoms with Crippen LogP contribution in [-0.2, 0) is 6.54 Å². The van der Waals surface area contributed by atoms with Crippen molar-refractivity contribution in [3.8, 4) is 28.5 Å². The summed E-state index contributed by atoms with van der Waals surface area (Å²) in [5.74, 6) is 1.71. The number of rotatable bonds is 9. The van der Waals surface area contributed by atoms with Crippen LogP contribution < -0.4 is 9.47 Å². The van der Waals surface area contributed by atoms with E-state index in [4.69, 9.17) is 9.47 Å². The van der Waals surface area contributed by atoms with E-state index in [1.807, 2.05) is 67.6 Å². The number of hydrogen-bond donors (Lipinski definition) is 1. The average Bonchev–Trinajstić information content (AvgIpc) is 3.00. The van der Waals surface area contributed by atoms with Crippen molar-refractivity contribution in [1.82, 2.24) is 19.8 Å². The standard InChI is InChI=1S/C33H36N4O4/c1-23-19-37(24(2)22-38)33(39)30-16-27(26-8-7-15-34-17-26)18-35-32(30)41-31(23)21-36(3)20-25-11-13-29(14-12-25)40-28-9-5-4-6-10-28/h4-18,23-24,31,38H,19-22H2,1-3H3/t23-,24-,31+/m0/s1. The Morgan fingerprint density at radius 3 is 2.51 bits per heavy atom. The van der Waals surface area contributed by atoms with E-state index in [1.165, 1.54) is 0 Å². The molecule has 4 aromatic rings. The largest absolute Gasteiger partial charge is 0.472 e. The molecule has 8 heteroatoms. The van der Waals surface area contributed by atoms with Crippen molar-refractivity contribution in [2.45, 2.75) is 32.5 Å². The normalized spacial score (nSPS) is 17.8. The molecule has 0 aliphatic carbocycles. The lowest BCUT2D eigenvalue weighted by Gasteiger charge is -2.37. The van der Waals surface area contributed by atoms with E-state index >= 15 is 0 Å². The van der Waals surface area contributed by atoms with Crippen LogP contribution in [0.15, 0.2) is 91.4 Å². The van der Waals surface area contributed by atoms with Gasteiger partial charge >= 0.3 is 0 Å². The van der Waals surface area contributed by atoms with Gasteiger partial charge in [0.25, 0.3) is 5.91 Å². The number of benzene rings is 2. The number of likely N-dealkylation sites (N-methyl/N-ethyl adjacent to an activating group) is 1. The zero-order valence-electron chi connectivity index (χ0n) is 23.7. The second kappa shape index (κ2) is 12.9. The third-order valence-corrected chi connectivity index (χ3v) is 7.36. The molecule has 3 heterocycles. The first-order valence-electron chi connectivity index (χ1n) is 13.9. The Hall–Kier alpha value is -4.27. The lowest BCUT2D eigenvalue weighted by molar-refractivity contribution is 0.0325. The van der Waals surface area contributed by atoms with Gasteiger partial charge in [-0.05, 0) is 55.9 Å². The fourth-order valence-corrected chi connectivity index (χ4v) is 4.98. The summed E-state index contributed by atoms with van der Waals surface area (Å²) in [6, 6.07) is 23.1. The zero-order chi connectivity index (χ0) is 28.8. The van der Waals surface area contributed by atoms with Gasteiger partial charge in [0.05, 0.1) is 12.6 Å². The van der Waals surface area contributed by atoms with Crippen molar-refractivity contribution in [2.24, 2.45) is 5.92 Å². The molecule has 0 fully saturated rings. The zero-order valence-corrected chi connectivity index (χ0v) is 23.7. The Morgan fingerprint density at radius 2 is 1.80 bits per heavy atom. The van der Waals surface area contributed by atoms with Crippen LogP contribution in [-0.4, -0.2) is 69.7 Å². The highest BCUT2D eigenvalue weighted by Gasteiger charge is 2.34. The molecule has 212 valence electrons. The van der Waals surface area contributed by atoms with Gasteiger partial charge in [-0.2, -0.15) is 0 Å². The Balaban J connectivity index is 1.33. The first-order valence-corrected chi connectivity index (χ1v) is 13.9. The number of nitrogens with zero attached hydrogens (tertiary/aromatic N) is 4. The van der Waals surface area contributed by atoms with Crippen molar-refractivity contribution >= 4 is 5.91 Å². The molecular formula is C33H36N4O4. The molecule has 1 amide bonds. The van der Waals surface area contributed by atoms with Crippen LogP contribution >= 0.6 is 0 Å². The number of para-hydroxylation sites is 1. The summed E-state index contributed by atoms with van der Waals surface area (Å²) < 4.78 is 12.4. The van der Waals surface area contributed by atoms with E-state index < -0.39 is 0 Å². The van der Waals surface area contributed by atoms with E-state index in [0.717, 1.165) is 28.2 Å². The van der Waals surface area contributed by atoms with Crippen molar-refractivity contribution in [2.75, 3.05) is 26.7 Å². The molecule has 0 saturated carbocycles. The van der Waals surface area contributed by atoms with Crippen LogP contribution in [0.5, 0.6) is 17.4 Å². The fourth-order valence-electron chi connectivity index (χ4n) is 4.98. The van der Waals surface area contributed by atoms with Gasteiger partial charge in [-0.3, -0.25) is 14.7 Å². The Bertz CT molecular complexity index is 1430. The van der Waals surface area contributed by atoms with Crippen molar-refractivity contribution in [3.05, 3.63) is 103 Å². The molecule has 0 radical (unpaired) electrons. The molecule has 41 heavy (non-hydrogen) atoms. The highest BCUT2D eigenvalue weighted by molar-refractivity contribution is 5.98. The fraction of sp³-hybridized carbons (Fsp3) is 0.303. The van der Waals surface area contributed by atoms with Gasteiger partial charge in [0.15, 0.2) is 0 Å². The maximum Gasteiger partial charge on any atom is 0.259 e.